The monoisotopic (exact) mass is 402 g/mol. The summed E-state index contributed by atoms with van der Waals surface area (Å²) < 4.78 is 0. The lowest BCUT2D eigenvalue weighted by Gasteiger charge is -2.28. The van der Waals surface area contributed by atoms with Crippen LogP contribution < -0.4 is 4.90 Å². The van der Waals surface area contributed by atoms with Gasteiger partial charge in [0.05, 0.1) is 12.0 Å². The molecule has 0 radical (unpaired) electrons. The molecule has 0 bridgehead atoms. The molecular formula is C26H30N2O2. The molecule has 0 fully saturated rings. The van der Waals surface area contributed by atoms with Crippen LogP contribution in [0.5, 0.6) is 0 Å². The SMILES string of the molecule is C=CCCCN(CC=C)C(=O)CC1(C)C(=O)N(Cc2ccccc2)c2ccccc21. The summed E-state index contributed by atoms with van der Waals surface area (Å²) in [5, 5.41) is 0. The average molecular weight is 403 g/mol. The lowest BCUT2D eigenvalue weighted by atomic mass is 9.80. The standard InChI is InChI=1S/C26H30N2O2/c1-4-6-12-18-27(17-5-2)24(29)19-26(3)22-15-10-11-16-23(22)28(25(26)30)20-21-13-8-7-9-14-21/h4-5,7-11,13-16H,1-2,6,12,17-20H2,3H3. The molecule has 3 rings (SSSR count). The number of carbonyl (C=O) groups excluding carboxylic acids is 2. The first-order valence-corrected chi connectivity index (χ1v) is 10.5. The molecule has 0 aliphatic carbocycles. The van der Waals surface area contributed by atoms with Gasteiger partial charge in [0.1, 0.15) is 0 Å². The second-order valence-corrected chi connectivity index (χ2v) is 7.96. The Kier molecular flexibility index (Phi) is 6.88. The molecule has 1 unspecified atom stereocenters. The van der Waals surface area contributed by atoms with Crippen molar-refractivity contribution in [2.75, 3.05) is 18.0 Å². The molecule has 0 saturated heterocycles. The van der Waals surface area contributed by atoms with Gasteiger partial charge in [-0.15, -0.1) is 13.2 Å². The van der Waals surface area contributed by atoms with Gasteiger partial charge < -0.3 is 9.80 Å². The van der Waals surface area contributed by atoms with Crippen molar-refractivity contribution < 1.29 is 9.59 Å². The van der Waals surface area contributed by atoms with Crippen molar-refractivity contribution in [3.8, 4) is 0 Å². The molecule has 1 atom stereocenters. The maximum absolute atomic E-state index is 13.6. The van der Waals surface area contributed by atoms with Gasteiger partial charge in [-0.2, -0.15) is 0 Å². The number of benzene rings is 2. The third-order valence-corrected chi connectivity index (χ3v) is 5.73. The van der Waals surface area contributed by atoms with Crippen LogP contribution in [0, 0.1) is 0 Å². The Morgan fingerprint density at radius 3 is 2.47 bits per heavy atom. The van der Waals surface area contributed by atoms with E-state index in [4.69, 9.17) is 0 Å². The minimum atomic E-state index is -0.875. The fraction of sp³-hybridized carbons (Fsp3) is 0.308. The Bertz CT molecular complexity index is 922. The van der Waals surface area contributed by atoms with Crippen LogP contribution in [0.25, 0.3) is 0 Å². The Hall–Kier alpha value is -3.14. The van der Waals surface area contributed by atoms with Gasteiger partial charge in [-0.25, -0.2) is 0 Å². The number of hydrogen-bond donors (Lipinski definition) is 0. The smallest absolute Gasteiger partial charge is 0.238 e. The Morgan fingerprint density at radius 1 is 1.07 bits per heavy atom. The molecule has 4 heteroatoms. The van der Waals surface area contributed by atoms with Crippen LogP contribution in [0.2, 0.25) is 0 Å². The number of amides is 2. The third-order valence-electron chi connectivity index (χ3n) is 5.73. The van der Waals surface area contributed by atoms with Gasteiger partial charge in [-0.1, -0.05) is 60.7 Å². The van der Waals surface area contributed by atoms with Crippen LogP contribution in [-0.2, 0) is 21.5 Å². The largest absolute Gasteiger partial charge is 0.339 e. The zero-order chi connectivity index (χ0) is 21.6. The van der Waals surface area contributed by atoms with Crippen LogP contribution in [0.3, 0.4) is 0 Å². The molecule has 0 saturated carbocycles. The summed E-state index contributed by atoms with van der Waals surface area (Å²) in [5.74, 6) is -0.0447. The second-order valence-electron chi connectivity index (χ2n) is 7.96. The quantitative estimate of drug-likeness (QED) is 0.421. The van der Waals surface area contributed by atoms with E-state index < -0.39 is 5.41 Å². The van der Waals surface area contributed by atoms with Gasteiger partial charge in [0.2, 0.25) is 11.8 Å². The molecule has 4 nitrogen and oxygen atoms in total. The number of para-hydroxylation sites is 1. The van der Waals surface area contributed by atoms with Crippen molar-refractivity contribution in [2.45, 2.75) is 38.1 Å². The molecule has 1 heterocycles. The number of carbonyl (C=O) groups is 2. The summed E-state index contributed by atoms with van der Waals surface area (Å²) in [6, 6.07) is 17.8. The first kappa shape index (κ1) is 21.6. The fourth-order valence-corrected chi connectivity index (χ4v) is 4.11. The summed E-state index contributed by atoms with van der Waals surface area (Å²) in [6.07, 6.45) is 5.45. The van der Waals surface area contributed by atoms with Crippen LogP contribution >= 0.6 is 0 Å². The van der Waals surface area contributed by atoms with Crippen molar-refractivity contribution in [3.05, 3.63) is 91.0 Å². The van der Waals surface area contributed by atoms with Crippen molar-refractivity contribution in [1.82, 2.24) is 4.90 Å². The molecule has 2 aromatic rings. The maximum Gasteiger partial charge on any atom is 0.238 e. The van der Waals surface area contributed by atoms with E-state index in [0.717, 1.165) is 29.7 Å². The predicted molar refractivity (Wildman–Crippen MR) is 122 cm³/mol. The molecule has 2 amide bonds. The number of hydrogen-bond acceptors (Lipinski definition) is 2. The normalized spacial score (nSPS) is 17.5. The summed E-state index contributed by atoms with van der Waals surface area (Å²) >= 11 is 0. The topological polar surface area (TPSA) is 40.6 Å². The van der Waals surface area contributed by atoms with Gasteiger partial charge >= 0.3 is 0 Å². The van der Waals surface area contributed by atoms with Gasteiger partial charge in [-0.05, 0) is 37.0 Å². The Labute approximate surface area is 179 Å². The number of fused-ring (bicyclic) bond motifs is 1. The highest BCUT2D eigenvalue weighted by Gasteiger charge is 2.48. The van der Waals surface area contributed by atoms with E-state index in [1.807, 2.05) is 72.5 Å². The fourth-order valence-electron chi connectivity index (χ4n) is 4.11. The Morgan fingerprint density at radius 2 is 1.77 bits per heavy atom. The molecule has 1 aliphatic heterocycles. The third kappa shape index (κ3) is 4.38. The van der Waals surface area contributed by atoms with E-state index >= 15 is 0 Å². The van der Waals surface area contributed by atoms with E-state index in [0.29, 0.717) is 19.6 Å². The molecule has 2 aromatic carbocycles. The maximum atomic E-state index is 13.6. The molecule has 0 aromatic heterocycles. The van der Waals surface area contributed by atoms with Crippen LogP contribution in [-0.4, -0.2) is 29.8 Å². The van der Waals surface area contributed by atoms with Gasteiger partial charge in [0.15, 0.2) is 0 Å². The molecule has 0 N–H and O–H groups in total. The van der Waals surface area contributed by atoms with Gasteiger partial charge in [-0.3, -0.25) is 9.59 Å². The lowest BCUT2D eigenvalue weighted by Crippen LogP contribution is -2.43. The van der Waals surface area contributed by atoms with Crippen molar-refractivity contribution >= 4 is 17.5 Å². The highest BCUT2D eigenvalue weighted by atomic mass is 16.2. The summed E-state index contributed by atoms with van der Waals surface area (Å²) in [7, 11) is 0. The van der Waals surface area contributed by atoms with E-state index in [1.165, 1.54) is 0 Å². The van der Waals surface area contributed by atoms with Crippen LogP contribution in [0.15, 0.2) is 79.9 Å². The van der Waals surface area contributed by atoms with Crippen molar-refractivity contribution in [2.24, 2.45) is 0 Å². The minimum Gasteiger partial charge on any atom is -0.339 e. The molecular weight excluding hydrogens is 372 g/mol. The molecule has 0 spiro atoms. The van der Waals surface area contributed by atoms with Crippen molar-refractivity contribution in [1.29, 1.82) is 0 Å². The highest BCUT2D eigenvalue weighted by Crippen LogP contribution is 2.44. The average Bonchev–Trinajstić information content (AvgIpc) is 2.96. The lowest BCUT2D eigenvalue weighted by molar-refractivity contribution is -0.135. The zero-order valence-electron chi connectivity index (χ0n) is 17.7. The summed E-state index contributed by atoms with van der Waals surface area (Å²) in [6.45, 7) is 11.0. The predicted octanol–water partition coefficient (Wildman–Crippen LogP) is 4.86. The van der Waals surface area contributed by atoms with Crippen LogP contribution in [0.4, 0.5) is 5.69 Å². The first-order valence-electron chi connectivity index (χ1n) is 10.5. The molecule has 156 valence electrons. The first-order chi connectivity index (χ1) is 14.5. The highest BCUT2D eigenvalue weighted by molar-refractivity contribution is 6.09. The van der Waals surface area contributed by atoms with Gasteiger partial charge in [0, 0.05) is 25.2 Å². The van der Waals surface area contributed by atoms with E-state index in [1.54, 1.807) is 11.0 Å². The molecule has 1 aliphatic rings. The van der Waals surface area contributed by atoms with E-state index in [9.17, 15) is 9.59 Å². The van der Waals surface area contributed by atoms with E-state index in [2.05, 4.69) is 13.2 Å². The minimum absolute atomic E-state index is 0.0221. The number of allylic oxidation sites excluding steroid dienone is 1. The zero-order valence-corrected chi connectivity index (χ0v) is 17.7. The number of rotatable bonds is 10. The number of anilines is 1. The van der Waals surface area contributed by atoms with Gasteiger partial charge in [0.25, 0.3) is 0 Å². The number of unbranched alkanes of at least 4 members (excludes halogenated alkanes) is 1. The number of nitrogens with zero attached hydrogens (tertiary/aromatic N) is 2. The summed E-state index contributed by atoms with van der Waals surface area (Å²) in [4.78, 5) is 30.4. The van der Waals surface area contributed by atoms with E-state index in [-0.39, 0.29) is 18.2 Å². The summed E-state index contributed by atoms with van der Waals surface area (Å²) in [5.41, 5.74) is 2.00. The molecule has 30 heavy (non-hydrogen) atoms. The van der Waals surface area contributed by atoms with Crippen molar-refractivity contribution in [3.63, 3.8) is 0 Å². The Balaban J connectivity index is 1.86. The van der Waals surface area contributed by atoms with Crippen LogP contribution in [0.1, 0.15) is 37.3 Å². The second kappa shape index (κ2) is 9.57.